The van der Waals surface area contributed by atoms with Gasteiger partial charge in [-0.3, -0.25) is 0 Å². The maximum atomic E-state index is 2.38. The normalized spacial score (nSPS) is 30.0. The molecule has 0 unspecified atom stereocenters. The molecule has 0 spiro atoms. The molecule has 1 heterocycles. The SMILES string of the molecule is CN1CC[C@@H](N(C)C)C1. The minimum absolute atomic E-state index is 0.801. The van der Waals surface area contributed by atoms with Crippen molar-refractivity contribution in [2.75, 3.05) is 34.2 Å². The van der Waals surface area contributed by atoms with Crippen molar-refractivity contribution in [2.24, 2.45) is 0 Å². The quantitative estimate of drug-likeness (QED) is 0.499. The van der Waals surface area contributed by atoms with E-state index in [0.717, 1.165) is 6.04 Å². The fraction of sp³-hybridized carbons (Fsp3) is 1.00. The van der Waals surface area contributed by atoms with E-state index in [1.54, 1.807) is 0 Å². The van der Waals surface area contributed by atoms with Gasteiger partial charge in [-0.05, 0) is 34.1 Å². The predicted molar refractivity (Wildman–Crippen MR) is 39.6 cm³/mol. The fourth-order valence-electron chi connectivity index (χ4n) is 1.33. The van der Waals surface area contributed by atoms with Gasteiger partial charge in [0.15, 0.2) is 0 Å². The van der Waals surface area contributed by atoms with E-state index in [-0.39, 0.29) is 0 Å². The minimum Gasteiger partial charge on any atom is -0.305 e. The van der Waals surface area contributed by atoms with E-state index in [1.165, 1.54) is 19.5 Å². The summed E-state index contributed by atoms with van der Waals surface area (Å²) >= 11 is 0. The second-order valence-electron chi connectivity index (χ2n) is 3.17. The topological polar surface area (TPSA) is 6.48 Å². The van der Waals surface area contributed by atoms with E-state index < -0.39 is 0 Å². The summed E-state index contributed by atoms with van der Waals surface area (Å²) in [5, 5.41) is 0. The second-order valence-corrected chi connectivity index (χ2v) is 3.17. The summed E-state index contributed by atoms with van der Waals surface area (Å²) in [7, 11) is 6.50. The lowest BCUT2D eigenvalue weighted by Crippen LogP contribution is -2.30. The van der Waals surface area contributed by atoms with Crippen molar-refractivity contribution in [1.82, 2.24) is 9.80 Å². The first-order valence-corrected chi connectivity index (χ1v) is 3.55. The molecule has 0 aromatic rings. The monoisotopic (exact) mass is 128 g/mol. The Bertz CT molecular complexity index is 90.9. The van der Waals surface area contributed by atoms with Gasteiger partial charge in [-0.1, -0.05) is 0 Å². The third-order valence-corrected chi connectivity index (χ3v) is 2.10. The summed E-state index contributed by atoms with van der Waals surface area (Å²) in [6.07, 6.45) is 1.34. The largest absolute Gasteiger partial charge is 0.305 e. The van der Waals surface area contributed by atoms with Crippen molar-refractivity contribution >= 4 is 0 Å². The van der Waals surface area contributed by atoms with Crippen molar-refractivity contribution in [3.63, 3.8) is 0 Å². The predicted octanol–water partition coefficient (Wildman–Crippen LogP) is 0.252. The van der Waals surface area contributed by atoms with Gasteiger partial charge >= 0.3 is 0 Å². The van der Waals surface area contributed by atoms with Crippen molar-refractivity contribution in [3.8, 4) is 0 Å². The first-order chi connectivity index (χ1) is 4.20. The Labute approximate surface area is 57.4 Å². The van der Waals surface area contributed by atoms with Crippen LogP contribution in [0.25, 0.3) is 0 Å². The van der Waals surface area contributed by atoms with Gasteiger partial charge in [0.2, 0.25) is 0 Å². The Balaban J connectivity index is 2.30. The molecule has 1 aliphatic rings. The van der Waals surface area contributed by atoms with Gasteiger partial charge in [0.05, 0.1) is 0 Å². The van der Waals surface area contributed by atoms with Crippen molar-refractivity contribution in [3.05, 3.63) is 0 Å². The highest BCUT2D eigenvalue weighted by Crippen LogP contribution is 2.09. The Morgan fingerprint density at radius 2 is 2.11 bits per heavy atom. The highest BCUT2D eigenvalue weighted by molar-refractivity contribution is 4.77. The zero-order chi connectivity index (χ0) is 6.85. The van der Waals surface area contributed by atoms with Crippen molar-refractivity contribution in [2.45, 2.75) is 12.5 Å². The van der Waals surface area contributed by atoms with E-state index in [4.69, 9.17) is 0 Å². The zero-order valence-electron chi connectivity index (χ0n) is 6.59. The lowest BCUT2D eigenvalue weighted by molar-refractivity contribution is 0.288. The lowest BCUT2D eigenvalue weighted by Gasteiger charge is -2.17. The number of likely N-dealkylation sites (tertiary alicyclic amines) is 1. The van der Waals surface area contributed by atoms with Crippen LogP contribution in [0.2, 0.25) is 0 Å². The molecule has 0 bridgehead atoms. The van der Waals surface area contributed by atoms with Crippen LogP contribution in [-0.4, -0.2) is 50.1 Å². The van der Waals surface area contributed by atoms with Crippen LogP contribution in [0.3, 0.4) is 0 Å². The zero-order valence-corrected chi connectivity index (χ0v) is 6.59. The van der Waals surface area contributed by atoms with Gasteiger partial charge in [0.1, 0.15) is 0 Å². The third kappa shape index (κ3) is 1.66. The first kappa shape index (κ1) is 7.03. The molecule has 0 N–H and O–H groups in total. The number of hydrogen-bond acceptors (Lipinski definition) is 2. The number of hydrogen-bond donors (Lipinski definition) is 0. The summed E-state index contributed by atoms with van der Waals surface area (Å²) in [5.74, 6) is 0. The van der Waals surface area contributed by atoms with Crippen molar-refractivity contribution in [1.29, 1.82) is 0 Å². The average molecular weight is 128 g/mol. The highest BCUT2D eigenvalue weighted by Gasteiger charge is 2.20. The van der Waals surface area contributed by atoms with E-state index >= 15 is 0 Å². The second kappa shape index (κ2) is 2.67. The van der Waals surface area contributed by atoms with E-state index in [0.29, 0.717) is 0 Å². The molecule has 54 valence electrons. The van der Waals surface area contributed by atoms with Gasteiger partial charge in [-0.15, -0.1) is 0 Å². The molecule has 2 heteroatoms. The molecule has 0 aliphatic carbocycles. The Hall–Kier alpha value is -0.0800. The van der Waals surface area contributed by atoms with Gasteiger partial charge in [0, 0.05) is 12.6 Å². The molecular weight excluding hydrogens is 112 g/mol. The lowest BCUT2D eigenvalue weighted by atomic mass is 10.2. The van der Waals surface area contributed by atoms with E-state index in [1.807, 2.05) is 0 Å². The smallest absolute Gasteiger partial charge is 0.0229 e. The minimum atomic E-state index is 0.801. The summed E-state index contributed by atoms with van der Waals surface area (Å²) in [6, 6.07) is 0.801. The molecule has 0 aromatic carbocycles. The average Bonchev–Trinajstić information content (AvgIpc) is 2.14. The standard InChI is InChI=1S/C7H16N2/c1-8(2)7-4-5-9(3)6-7/h7H,4-6H2,1-3H3/t7-/m1/s1. The van der Waals surface area contributed by atoms with Crippen LogP contribution < -0.4 is 0 Å². The molecule has 1 atom stereocenters. The van der Waals surface area contributed by atoms with Crippen LogP contribution in [-0.2, 0) is 0 Å². The maximum absolute atomic E-state index is 2.38. The molecule has 1 rings (SSSR count). The Morgan fingerprint density at radius 1 is 1.44 bits per heavy atom. The molecule has 1 aliphatic heterocycles. The molecule has 1 saturated heterocycles. The summed E-state index contributed by atoms with van der Waals surface area (Å²) in [5.41, 5.74) is 0. The highest BCUT2D eigenvalue weighted by atomic mass is 15.2. The molecule has 0 aromatic heterocycles. The first-order valence-electron chi connectivity index (χ1n) is 3.55. The van der Waals surface area contributed by atoms with Crippen LogP contribution in [0.5, 0.6) is 0 Å². The number of rotatable bonds is 1. The Kier molecular flexibility index (Phi) is 2.09. The molecule has 0 saturated carbocycles. The summed E-state index contributed by atoms with van der Waals surface area (Å²) in [6.45, 7) is 2.51. The molecular formula is C7H16N2. The van der Waals surface area contributed by atoms with Crippen LogP contribution >= 0.6 is 0 Å². The summed E-state index contributed by atoms with van der Waals surface area (Å²) in [4.78, 5) is 4.69. The van der Waals surface area contributed by atoms with E-state index in [2.05, 4.69) is 30.9 Å². The molecule has 2 nitrogen and oxygen atoms in total. The number of nitrogens with zero attached hydrogens (tertiary/aromatic N) is 2. The summed E-state index contributed by atoms with van der Waals surface area (Å²) < 4.78 is 0. The van der Waals surface area contributed by atoms with Gasteiger partial charge in [-0.25, -0.2) is 0 Å². The molecule has 9 heavy (non-hydrogen) atoms. The molecule has 0 amide bonds. The van der Waals surface area contributed by atoms with Gasteiger partial charge < -0.3 is 9.80 Å². The van der Waals surface area contributed by atoms with Crippen LogP contribution in [0.4, 0.5) is 0 Å². The Morgan fingerprint density at radius 3 is 2.33 bits per heavy atom. The van der Waals surface area contributed by atoms with E-state index in [9.17, 15) is 0 Å². The van der Waals surface area contributed by atoms with Crippen LogP contribution in [0, 0.1) is 0 Å². The third-order valence-electron chi connectivity index (χ3n) is 2.10. The van der Waals surface area contributed by atoms with Gasteiger partial charge in [0.25, 0.3) is 0 Å². The van der Waals surface area contributed by atoms with Crippen molar-refractivity contribution < 1.29 is 0 Å². The van der Waals surface area contributed by atoms with Crippen LogP contribution in [0.1, 0.15) is 6.42 Å². The fourth-order valence-corrected chi connectivity index (χ4v) is 1.33. The number of likely N-dealkylation sites (N-methyl/N-ethyl adjacent to an activating group) is 2. The van der Waals surface area contributed by atoms with Crippen LogP contribution in [0.15, 0.2) is 0 Å². The van der Waals surface area contributed by atoms with Gasteiger partial charge in [-0.2, -0.15) is 0 Å². The maximum Gasteiger partial charge on any atom is 0.0229 e. The molecule has 0 radical (unpaired) electrons. The molecule has 1 fully saturated rings.